The second-order valence-electron chi connectivity index (χ2n) is 3.21. The summed E-state index contributed by atoms with van der Waals surface area (Å²) >= 11 is 5.78. The Balaban J connectivity index is 2.45. The van der Waals surface area contributed by atoms with E-state index < -0.39 is 11.9 Å². The van der Waals surface area contributed by atoms with E-state index in [1.165, 1.54) is 6.07 Å². The Labute approximate surface area is 103 Å². The summed E-state index contributed by atoms with van der Waals surface area (Å²) in [6.45, 7) is -0.104. The molecule has 0 bridgehead atoms. The van der Waals surface area contributed by atoms with Gasteiger partial charge in [-0.05, 0) is 18.6 Å². The van der Waals surface area contributed by atoms with Crippen LogP contribution >= 0.6 is 11.6 Å². The van der Waals surface area contributed by atoms with Crippen molar-refractivity contribution in [2.75, 3.05) is 6.61 Å². The third kappa shape index (κ3) is 4.42. The molecule has 5 nitrogen and oxygen atoms in total. The molecule has 2 N–H and O–H groups in total. The Hall–Kier alpha value is -1.59. The van der Waals surface area contributed by atoms with Gasteiger partial charge in [0.2, 0.25) is 0 Å². The maximum Gasteiger partial charge on any atom is 0.332 e. The third-order valence-corrected chi connectivity index (χ3v) is 2.24. The summed E-state index contributed by atoms with van der Waals surface area (Å²) in [7, 11) is 0. The minimum Gasteiger partial charge on any atom is -0.396 e. The van der Waals surface area contributed by atoms with Crippen molar-refractivity contribution >= 4 is 23.5 Å². The molecule has 0 aliphatic carbocycles. The van der Waals surface area contributed by atoms with Gasteiger partial charge in [0.05, 0.1) is 17.0 Å². The van der Waals surface area contributed by atoms with Gasteiger partial charge in [0.1, 0.15) is 0 Å². The maximum absolute atomic E-state index is 11.5. The summed E-state index contributed by atoms with van der Waals surface area (Å²) in [5, 5.41) is 8.77. The highest BCUT2D eigenvalue weighted by Crippen LogP contribution is 2.14. The van der Waals surface area contributed by atoms with Crippen molar-refractivity contribution in [3.05, 3.63) is 34.9 Å². The van der Waals surface area contributed by atoms with Crippen molar-refractivity contribution in [3.63, 3.8) is 0 Å². The zero-order valence-electron chi connectivity index (χ0n) is 8.98. The van der Waals surface area contributed by atoms with Crippen LogP contribution in [0.4, 0.5) is 0 Å². The number of rotatable bonds is 4. The lowest BCUT2D eigenvalue weighted by Gasteiger charge is -2.06. The molecule has 1 rings (SSSR count). The van der Waals surface area contributed by atoms with Crippen molar-refractivity contribution in [2.24, 2.45) is 0 Å². The number of carbonyl (C=O) groups excluding carboxylic acids is 2. The van der Waals surface area contributed by atoms with E-state index in [-0.39, 0.29) is 23.6 Å². The minimum absolute atomic E-state index is 0.0410. The number of hydrogen-bond acceptors (Lipinski definition) is 4. The fraction of sp³-hybridized carbons (Fsp3) is 0.273. The minimum atomic E-state index is -0.612. The smallest absolute Gasteiger partial charge is 0.332 e. The van der Waals surface area contributed by atoms with Gasteiger partial charge < -0.3 is 9.94 Å². The van der Waals surface area contributed by atoms with Crippen molar-refractivity contribution in [1.29, 1.82) is 0 Å². The normalized spacial score (nSPS) is 9.76. The first-order chi connectivity index (χ1) is 8.15. The Morgan fingerprint density at radius 2 is 2.06 bits per heavy atom. The van der Waals surface area contributed by atoms with Gasteiger partial charge in [0.15, 0.2) is 0 Å². The van der Waals surface area contributed by atoms with E-state index in [2.05, 4.69) is 4.84 Å². The number of benzene rings is 1. The SMILES string of the molecule is O=C(CCCO)ONC(=O)c1ccccc1Cl. The van der Waals surface area contributed by atoms with Gasteiger partial charge in [-0.25, -0.2) is 4.79 Å². The molecule has 1 aromatic carbocycles. The summed E-state index contributed by atoms with van der Waals surface area (Å²) in [6.07, 6.45) is 0.333. The van der Waals surface area contributed by atoms with E-state index in [9.17, 15) is 9.59 Å². The zero-order chi connectivity index (χ0) is 12.7. The van der Waals surface area contributed by atoms with Crippen LogP contribution in [0.15, 0.2) is 24.3 Å². The van der Waals surface area contributed by atoms with Gasteiger partial charge in [-0.1, -0.05) is 23.7 Å². The second-order valence-corrected chi connectivity index (χ2v) is 3.62. The highest BCUT2D eigenvalue weighted by atomic mass is 35.5. The van der Waals surface area contributed by atoms with Crippen LogP contribution in [0.2, 0.25) is 5.02 Å². The van der Waals surface area contributed by atoms with Crippen LogP contribution in [-0.2, 0) is 9.63 Å². The molecule has 0 heterocycles. The highest BCUT2D eigenvalue weighted by Gasteiger charge is 2.11. The Morgan fingerprint density at radius 3 is 2.71 bits per heavy atom. The van der Waals surface area contributed by atoms with E-state index >= 15 is 0 Å². The van der Waals surface area contributed by atoms with Crippen LogP contribution in [0.5, 0.6) is 0 Å². The Bertz CT molecular complexity index is 408. The van der Waals surface area contributed by atoms with E-state index in [1.807, 2.05) is 5.48 Å². The van der Waals surface area contributed by atoms with Gasteiger partial charge in [0.25, 0.3) is 5.91 Å². The number of nitrogens with one attached hydrogen (secondary N) is 1. The molecule has 1 aromatic rings. The number of aliphatic hydroxyl groups is 1. The summed E-state index contributed by atoms with van der Waals surface area (Å²) in [5.74, 6) is -1.20. The van der Waals surface area contributed by atoms with Gasteiger partial charge >= 0.3 is 5.97 Å². The van der Waals surface area contributed by atoms with Crippen LogP contribution in [0, 0.1) is 0 Å². The predicted octanol–water partition coefficient (Wildman–Crippen LogP) is 1.30. The van der Waals surface area contributed by atoms with E-state index in [0.29, 0.717) is 6.42 Å². The molecule has 0 spiro atoms. The van der Waals surface area contributed by atoms with Crippen molar-refractivity contribution in [3.8, 4) is 0 Å². The lowest BCUT2D eigenvalue weighted by molar-refractivity contribution is -0.149. The topological polar surface area (TPSA) is 75.6 Å². The number of halogens is 1. The largest absolute Gasteiger partial charge is 0.396 e. The molecule has 0 saturated carbocycles. The monoisotopic (exact) mass is 257 g/mol. The van der Waals surface area contributed by atoms with Crippen molar-refractivity contribution in [1.82, 2.24) is 5.48 Å². The van der Waals surface area contributed by atoms with Gasteiger partial charge in [0, 0.05) is 6.61 Å². The molecule has 92 valence electrons. The molecule has 0 atom stereocenters. The molecule has 0 fully saturated rings. The van der Waals surface area contributed by atoms with Crippen LogP contribution in [0.25, 0.3) is 0 Å². The van der Waals surface area contributed by atoms with Crippen molar-refractivity contribution in [2.45, 2.75) is 12.8 Å². The number of amides is 1. The first kappa shape index (κ1) is 13.5. The second kappa shape index (κ2) is 6.88. The average Bonchev–Trinajstić information content (AvgIpc) is 2.34. The molecule has 1 amide bonds. The molecule has 17 heavy (non-hydrogen) atoms. The highest BCUT2D eigenvalue weighted by molar-refractivity contribution is 6.33. The molecule has 6 heteroatoms. The van der Waals surface area contributed by atoms with Gasteiger partial charge in [-0.15, -0.1) is 0 Å². The van der Waals surface area contributed by atoms with E-state index in [0.717, 1.165) is 0 Å². The molecule has 0 aromatic heterocycles. The Kier molecular flexibility index (Phi) is 5.45. The summed E-state index contributed by atoms with van der Waals surface area (Å²) in [5.41, 5.74) is 2.22. The lowest BCUT2D eigenvalue weighted by Crippen LogP contribution is -2.27. The molecular weight excluding hydrogens is 246 g/mol. The number of hydroxylamine groups is 1. The average molecular weight is 258 g/mol. The first-order valence-electron chi connectivity index (χ1n) is 5.00. The fourth-order valence-corrected chi connectivity index (χ4v) is 1.30. The van der Waals surface area contributed by atoms with Gasteiger partial charge in [-0.3, -0.25) is 4.79 Å². The zero-order valence-corrected chi connectivity index (χ0v) is 9.74. The van der Waals surface area contributed by atoms with Crippen LogP contribution in [0.3, 0.4) is 0 Å². The molecular formula is C11H12ClNO4. The van der Waals surface area contributed by atoms with Crippen molar-refractivity contribution < 1.29 is 19.5 Å². The fourth-order valence-electron chi connectivity index (χ4n) is 1.08. The van der Waals surface area contributed by atoms with Crippen LogP contribution in [-0.4, -0.2) is 23.6 Å². The standard InChI is InChI=1S/C11H12ClNO4/c12-9-5-2-1-4-8(9)11(16)13-17-10(15)6-3-7-14/h1-2,4-5,14H,3,6-7H2,(H,13,16). The molecule has 0 aliphatic heterocycles. The number of aliphatic hydroxyl groups excluding tert-OH is 1. The molecule has 0 radical (unpaired) electrons. The van der Waals surface area contributed by atoms with Gasteiger partial charge in [-0.2, -0.15) is 5.48 Å². The summed E-state index contributed by atoms with van der Waals surface area (Å²) in [6, 6.07) is 6.41. The summed E-state index contributed by atoms with van der Waals surface area (Å²) < 4.78 is 0. The number of carbonyl (C=O) groups is 2. The predicted molar refractivity (Wildman–Crippen MR) is 61.3 cm³/mol. The molecule has 0 unspecified atom stereocenters. The molecule has 0 saturated heterocycles. The van der Waals surface area contributed by atoms with E-state index in [1.54, 1.807) is 18.2 Å². The lowest BCUT2D eigenvalue weighted by atomic mass is 10.2. The van der Waals surface area contributed by atoms with Crippen LogP contribution < -0.4 is 5.48 Å². The van der Waals surface area contributed by atoms with E-state index in [4.69, 9.17) is 16.7 Å². The van der Waals surface area contributed by atoms with Crippen LogP contribution in [0.1, 0.15) is 23.2 Å². The number of hydrogen-bond donors (Lipinski definition) is 2. The molecule has 0 aliphatic rings. The Morgan fingerprint density at radius 1 is 1.35 bits per heavy atom. The summed E-state index contributed by atoms with van der Waals surface area (Å²) in [4.78, 5) is 27.1. The maximum atomic E-state index is 11.5. The first-order valence-corrected chi connectivity index (χ1v) is 5.38. The third-order valence-electron chi connectivity index (χ3n) is 1.92. The quantitative estimate of drug-likeness (QED) is 0.798.